The van der Waals surface area contributed by atoms with Crippen molar-refractivity contribution in [3.8, 4) is 5.75 Å². The second-order valence-corrected chi connectivity index (χ2v) is 6.72. The van der Waals surface area contributed by atoms with E-state index in [0.29, 0.717) is 17.4 Å². The van der Waals surface area contributed by atoms with Crippen molar-refractivity contribution in [2.45, 2.75) is 40.2 Å². The SMILES string of the molecule is Cc1ccc(C(C)C)cc1OCc1cc(C(=O)O)sc1C. The zero-order valence-electron chi connectivity index (χ0n) is 12.8. The normalized spacial score (nSPS) is 10.9. The number of carbonyl (C=O) groups is 1. The molecular weight excluding hydrogens is 284 g/mol. The van der Waals surface area contributed by atoms with Crippen LogP contribution < -0.4 is 4.74 Å². The van der Waals surface area contributed by atoms with Gasteiger partial charge in [0.05, 0.1) is 0 Å². The van der Waals surface area contributed by atoms with Crippen molar-refractivity contribution in [2.24, 2.45) is 0 Å². The minimum absolute atomic E-state index is 0.360. The minimum Gasteiger partial charge on any atom is -0.489 e. The Balaban J connectivity index is 2.16. The van der Waals surface area contributed by atoms with Gasteiger partial charge in [0.15, 0.2) is 0 Å². The monoisotopic (exact) mass is 304 g/mol. The van der Waals surface area contributed by atoms with Gasteiger partial charge in [0.2, 0.25) is 0 Å². The van der Waals surface area contributed by atoms with Crippen LogP contribution in [0.15, 0.2) is 24.3 Å². The summed E-state index contributed by atoms with van der Waals surface area (Å²) in [7, 11) is 0. The molecule has 112 valence electrons. The zero-order chi connectivity index (χ0) is 15.6. The van der Waals surface area contributed by atoms with Gasteiger partial charge in [0.25, 0.3) is 0 Å². The Kier molecular flexibility index (Phi) is 4.68. The van der Waals surface area contributed by atoms with Crippen LogP contribution in [0.5, 0.6) is 5.75 Å². The highest BCUT2D eigenvalue weighted by atomic mass is 32.1. The lowest BCUT2D eigenvalue weighted by molar-refractivity contribution is 0.0702. The third-order valence-electron chi connectivity index (χ3n) is 3.49. The van der Waals surface area contributed by atoms with E-state index in [9.17, 15) is 4.79 Å². The van der Waals surface area contributed by atoms with Gasteiger partial charge >= 0.3 is 5.97 Å². The van der Waals surface area contributed by atoms with Crippen molar-refractivity contribution in [3.63, 3.8) is 0 Å². The fourth-order valence-electron chi connectivity index (χ4n) is 2.06. The van der Waals surface area contributed by atoms with Crippen LogP contribution in [0.3, 0.4) is 0 Å². The fraction of sp³-hybridized carbons (Fsp3) is 0.353. The molecule has 0 atom stereocenters. The van der Waals surface area contributed by atoms with Gasteiger partial charge < -0.3 is 9.84 Å². The summed E-state index contributed by atoms with van der Waals surface area (Å²) in [6.45, 7) is 8.64. The maximum Gasteiger partial charge on any atom is 0.345 e. The van der Waals surface area contributed by atoms with E-state index >= 15 is 0 Å². The summed E-state index contributed by atoms with van der Waals surface area (Å²) in [6, 6.07) is 7.95. The summed E-state index contributed by atoms with van der Waals surface area (Å²) in [5, 5.41) is 9.02. The van der Waals surface area contributed by atoms with Crippen LogP contribution in [0.2, 0.25) is 0 Å². The maximum atomic E-state index is 11.0. The van der Waals surface area contributed by atoms with Crippen molar-refractivity contribution in [2.75, 3.05) is 0 Å². The predicted octanol–water partition coefficient (Wildman–Crippen LogP) is 4.77. The Labute approximate surface area is 129 Å². The first-order valence-corrected chi connectivity index (χ1v) is 7.76. The van der Waals surface area contributed by atoms with E-state index < -0.39 is 5.97 Å². The van der Waals surface area contributed by atoms with E-state index in [0.717, 1.165) is 21.8 Å². The van der Waals surface area contributed by atoms with Crippen LogP contribution in [-0.2, 0) is 6.61 Å². The number of thiophene rings is 1. The first-order chi connectivity index (χ1) is 9.88. The van der Waals surface area contributed by atoms with Gasteiger partial charge in [0.1, 0.15) is 17.2 Å². The largest absolute Gasteiger partial charge is 0.489 e. The molecule has 0 aliphatic heterocycles. The number of aryl methyl sites for hydroxylation is 2. The smallest absolute Gasteiger partial charge is 0.345 e. The number of benzene rings is 1. The highest BCUT2D eigenvalue weighted by molar-refractivity contribution is 7.14. The van der Waals surface area contributed by atoms with Gasteiger partial charge in [-0.05, 0) is 43.0 Å². The molecule has 0 radical (unpaired) electrons. The number of aromatic carboxylic acids is 1. The lowest BCUT2D eigenvalue weighted by atomic mass is 10.0. The number of carboxylic acids is 1. The molecule has 1 aromatic heterocycles. The summed E-state index contributed by atoms with van der Waals surface area (Å²) >= 11 is 1.29. The van der Waals surface area contributed by atoms with E-state index in [1.165, 1.54) is 16.9 Å². The van der Waals surface area contributed by atoms with Gasteiger partial charge in [-0.1, -0.05) is 26.0 Å². The molecule has 2 rings (SSSR count). The Hall–Kier alpha value is -1.81. The molecule has 1 N–H and O–H groups in total. The summed E-state index contributed by atoms with van der Waals surface area (Å²) in [5.74, 6) is 0.436. The van der Waals surface area contributed by atoms with Crippen molar-refractivity contribution in [1.29, 1.82) is 0 Å². The second-order valence-electron chi connectivity index (χ2n) is 5.47. The Morgan fingerprint density at radius 1 is 1.29 bits per heavy atom. The van der Waals surface area contributed by atoms with Crippen LogP contribution in [0.25, 0.3) is 0 Å². The highest BCUT2D eigenvalue weighted by Crippen LogP contribution is 2.27. The van der Waals surface area contributed by atoms with Gasteiger partial charge in [-0.25, -0.2) is 4.79 Å². The average Bonchev–Trinajstić information content (AvgIpc) is 2.79. The van der Waals surface area contributed by atoms with Crippen molar-refractivity contribution in [1.82, 2.24) is 0 Å². The molecule has 3 nitrogen and oxygen atoms in total. The molecule has 0 aliphatic carbocycles. The molecule has 0 fully saturated rings. The number of ether oxygens (including phenoxy) is 1. The third-order valence-corrected chi connectivity index (χ3v) is 4.57. The molecule has 0 amide bonds. The molecule has 0 aliphatic rings. The van der Waals surface area contributed by atoms with Crippen molar-refractivity contribution >= 4 is 17.3 Å². The Morgan fingerprint density at radius 2 is 2.00 bits per heavy atom. The van der Waals surface area contributed by atoms with E-state index in [4.69, 9.17) is 9.84 Å². The molecular formula is C17H20O3S. The molecule has 2 aromatic rings. The number of hydrogen-bond donors (Lipinski definition) is 1. The molecule has 0 saturated heterocycles. The molecule has 0 bridgehead atoms. The van der Waals surface area contributed by atoms with Crippen LogP contribution >= 0.6 is 11.3 Å². The third kappa shape index (κ3) is 3.64. The quantitative estimate of drug-likeness (QED) is 0.865. The van der Waals surface area contributed by atoms with Crippen molar-refractivity contribution < 1.29 is 14.6 Å². The van der Waals surface area contributed by atoms with Gasteiger partial charge in [0, 0.05) is 10.4 Å². The molecule has 4 heteroatoms. The number of carboxylic acid groups (broad SMARTS) is 1. The Bertz CT molecular complexity index is 656. The molecule has 1 heterocycles. The Morgan fingerprint density at radius 3 is 2.57 bits per heavy atom. The standard InChI is InChI=1S/C17H20O3S/c1-10(2)13-6-5-11(3)15(7-13)20-9-14-8-16(17(18)19)21-12(14)4/h5-8,10H,9H2,1-4H3,(H,18,19). The lowest BCUT2D eigenvalue weighted by Gasteiger charge is -2.12. The number of rotatable bonds is 5. The fourth-order valence-corrected chi connectivity index (χ4v) is 2.92. The molecule has 0 unspecified atom stereocenters. The van der Waals surface area contributed by atoms with E-state index in [1.807, 2.05) is 13.8 Å². The van der Waals surface area contributed by atoms with E-state index in [1.54, 1.807) is 6.07 Å². The molecule has 21 heavy (non-hydrogen) atoms. The first-order valence-electron chi connectivity index (χ1n) is 6.94. The van der Waals surface area contributed by atoms with E-state index in [2.05, 4.69) is 32.0 Å². The summed E-state index contributed by atoms with van der Waals surface area (Å²) in [4.78, 5) is 12.3. The maximum absolute atomic E-state index is 11.0. The molecule has 1 aromatic carbocycles. The van der Waals surface area contributed by atoms with Crippen LogP contribution in [0.1, 0.15) is 51.0 Å². The lowest BCUT2D eigenvalue weighted by Crippen LogP contribution is -1.99. The van der Waals surface area contributed by atoms with Crippen molar-refractivity contribution in [3.05, 3.63) is 50.7 Å². The minimum atomic E-state index is -0.882. The van der Waals surface area contributed by atoms with Gasteiger partial charge in [-0.2, -0.15) is 0 Å². The van der Waals surface area contributed by atoms with Crippen LogP contribution in [-0.4, -0.2) is 11.1 Å². The molecule has 0 saturated carbocycles. The van der Waals surface area contributed by atoms with E-state index in [-0.39, 0.29) is 0 Å². The topological polar surface area (TPSA) is 46.5 Å². The highest BCUT2D eigenvalue weighted by Gasteiger charge is 2.12. The summed E-state index contributed by atoms with van der Waals surface area (Å²) < 4.78 is 5.90. The van der Waals surface area contributed by atoms with Crippen LogP contribution in [0, 0.1) is 13.8 Å². The number of hydrogen-bond acceptors (Lipinski definition) is 3. The predicted molar refractivity (Wildman–Crippen MR) is 85.6 cm³/mol. The summed E-state index contributed by atoms with van der Waals surface area (Å²) in [5.41, 5.74) is 3.27. The molecule has 0 spiro atoms. The van der Waals surface area contributed by atoms with Gasteiger partial charge in [-0.15, -0.1) is 11.3 Å². The first kappa shape index (κ1) is 15.6. The zero-order valence-corrected chi connectivity index (χ0v) is 13.6. The van der Waals surface area contributed by atoms with Gasteiger partial charge in [-0.3, -0.25) is 0 Å². The average molecular weight is 304 g/mol. The summed E-state index contributed by atoms with van der Waals surface area (Å²) in [6.07, 6.45) is 0. The second kappa shape index (κ2) is 6.31. The van der Waals surface area contributed by atoms with Crippen LogP contribution in [0.4, 0.5) is 0 Å².